The van der Waals surface area contributed by atoms with Crippen LogP contribution < -0.4 is 19.5 Å². The van der Waals surface area contributed by atoms with E-state index in [0.717, 1.165) is 23.3 Å². The van der Waals surface area contributed by atoms with Gasteiger partial charge in [0.05, 0.1) is 20.8 Å². The van der Waals surface area contributed by atoms with Gasteiger partial charge in [-0.2, -0.15) is 0 Å². The molecule has 1 aliphatic rings. The molecule has 0 fully saturated rings. The highest BCUT2D eigenvalue weighted by atomic mass is 16.5. The first kappa shape index (κ1) is 18.9. The second kappa shape index (κ2) is 7.87. The number of fused-ring (bicyclic) bond motifs is 1. The van der Waals surface area contributed by atoms with Gasteiger partial charge < -0.3 is 24.1 Å². The second-order valence-corrected chi connectivity index (χ2v) is 6.89. The highest BCUT2D eigenvalue weighted by Gasteiger charge is 2.20. The van der Waals surface area contributed by atoms with E-state index in [0.29, 0.717) is 28.5 Å². The molecule has 29 heavy (non-hydrogen) atoms. The Labute approximate surface area is 168 Å². The monoisotopic (exact) mass is 394 g/mol. The van der Waals surface area contributed by atoms with Crippen molar-refractivity contribution in [2.45, 2.75) is 26.0 Å². The Bertz CT molecular complexity index is 1040. The van der Waals surface area contributed by atoms with Crippen LogP contribution in [-0.2, 0) is 13.0 Å². The van der Waals surface area contributed by atoms with Crippen LogP contribution in [0.1, 0.15) is 28.5 Å². The molecule has 0 spiro atoms. The van der Waals surface area contributed by atoms with Crippen LogP contribution in [0.15, 0.2) is 47.0 Å². The van der Waals surface area contributed by atoms with Crippen LogP contribution in [0.25, 0.3) is 11.3 Å². The summed E-state index contributed by atoms with van der Waals surface area (Å²) < 4.78 is 21.6. The Kier molecular flexibility index (Phi) is 5.12. The molecule has 7 heteroatoms. The minimum absolute atomic E-state index is 0.192. The topological polar surface area (TPSA) is 82.8 Å². The van der Waals surface area contributed by atoms with Gasteiger partial charge in [-0.1, -0.05) is 5.16 Å². The van der Waals surface area contributed by atoms with Crippen LogP contribution >= 0.6 is 0 Å². The number of ether oxygens (including phenoxy) is 3. The zero-order valence-electron chi connectivity index (χ0n) is 16.5. The van der Waals surface area contributed by atoms with Crippen molar-refractivity contribution in [1.29, 1.82) is 0 Å². The number of hydrogen-bond acceptors (Lipinski definition) is 6. The molecule has 1 unspecified atom stereocenters. The minimum Gasteiger partial charge on any atom is -0.493 e. The lowest BCUT2D eigenvalue weighted by Gasteiger charge is -2.09. The van der Waals surface area contributed by atoms with Gasteiger partial charge in [-0.3, -0.25) is 4.79 Å². The largest absolute Gasteiger partial charge is 0.493 e. The molecular weight excluding hydrogens is 372 g/mol. The molecule has 7 nitrogen and oxygen atoms in total. The van der Waals surface area contributed by atoms with E-state index in [1.807, 2.05) is 25.1 Å². The number of carbonyl (C=O) groups excluding carboxylic acids is 1. The molecule has 4 rings (SSSR count). The molecule has 1 amide bonds. The van der Waals surface area contributed by atoms with E-state index in [-0.39, 0.29) is 18.6 Å². The molecule has 1 N–H and O–H groups in total. The van der Waals surface area contributed by atoms with Gasteiger partial charge in [0.2, 0.25) is 0 Å². The first-order valence-corrected chi connectivity index (χ1v) is 9.33. The van der Waals surface area contributed by atoms with Crippen LogP contribution in [0, 0.1) is 0 Å². The number of rotatable bonds is 6. The van der Waals surface area contributed by atoms with Crippen LogP contribution in [0.3, 0.4) is 0 Å². The van der Waals surface area contributed by atoms with E-state index in [9.17, 15) is 4.79 Å². The molecule has 0 aliphatic carbocycles. The van der Waals surface area contributed by atoms with E-state index in [1.165, 1.54) is 7.11 Å². The predicted octanol–water partition coefficient (Wildman–Crippen LogP) is 3.61. The molecule has 0 radical (unpaired) electrons. The lowest BCUT2D eigenvalue weighted by Crippen LogP contribution is -2.22. The summed E-state index contributed by atoms with van der Waals surface area (Å²) in [5, 5.41) is 6.90. The van der Waals surface area contributed by atoms with Gasteiger partial charge in [0, 0.05) is 23.6 Å². The Morgan fingerprint density at radius 3 is 2.76 bits per heavy atom. The van der Waals surface area contributed by atoms with E-state index >= 15 is 0 Å². The third-order valence-electron chi connectivity index (χ3n) is 4.82. The fourth-order valence-electron chi connectivity index (χ4n) is 3.36. The van der Waals surface area contributed by atoms with E-state index in [4.69, 9.17) is 18.7 Å². The van der Waals surface area contributed by atoms with Gasteiger partial charge in [0.25, 0.3) is 5.91 Å². The SMILES string of the molecule is COc1ccc(C(=O)NCc2cc(-c3ccc4c(c3)CC(C)O4)on2)cc1OC. The van der Waals surface area contributed by atoms with Crippen molar-refractivity contribution in [3.05, 3.63) is 59.3 Å². The third-order valence-corrected chi connectivity index (χ3v) is 4.82. The molecule has 150 valence electrons. The number of aromatic nitrogens is 1. The second-order valence-electron chi connectivity index (χ2n) is 6.89. The highest BCUT2D eigenvalue weighted by Crippen LogP contribution is 2.33. The zero-order chi connectivity index (χ0) is 20.4. The quantitative estimate of drug-likeness (QED) is 0.688. The molecule has 1 atom stereocenters. The Hall–Kier alpha value is -3.48. The maximum Gasteiger partial charge on any atom is 0.251 e. The lowest BCUT2D eigenvalue weighted by molar-refractivity contribution is 0.0949. The molecule has 2 heterocycles. The fourth-order valence-corrected chi connectivity index (χ4v) is 3.36. The molecule has 0 saturated heterocycles. The average molecular weight is 394 g/mol. The summed E-state index contributed by atoms with van der Waals surface area (Å²) in [5.41, 5.74) is 3.21. The van der Waals surface area contributed by atoms with Crippen molar-refractivity contribution in [2.24, 2.45) is 0 Å². The van der Waals surface area contributed by atoms with E-state index in [1.54, 1.807) is 25.3 Å². The van der Waals surface area contributed by atoms with Crippen molar-refractivity contribution in [3.63, 3.8) is 0 Å². The minimum atomic E-state index is -0.237. The van der Waals surface area contributed by atoms with Gasteiger partial charge >= 0.3 is 0 Å². The molecular formula is C22H22N2O5. The van der Waals surface area contributed by atoms with Crippen LogP contribution in [0.5, 0.6) is 17.2 Å². The Morgan fingerprint density at radius 1 is 1.14 bits per heavy atom. The van der Waals surface area contributed by atoms with Crippen molar-refractivity contribution < 1.29 is 23.5 Å². The van der Waals surface area contributed by atoms with Crippen LogP contribution in [0.4, 0.5) is 0 Å². The maximum absolute atomic E-state index is 12.4. The summed E-state index contributed by atoms with van der Waals surface area (Å²) in [6.07, 6.45) is 1.07. The van der Waals surface area contributed by atoms with Crippen LogP contribution in [0.2, 0.25) is 0 Å². The van der Waals surface area contributed by atoms with Gasteiger partial charge in [-0.05, 0) is 48.9 Å². The molecule has 3 aromatic rings. The predicted molar refractivity (Wildman–Crippen MR) is 106 cm³/mol. The first-order valence-electron chi connectivity index (χ1n) is 9.33. The number of nitrogens with zero attached hydrogens (tertiary/aromatic N) is 1. The smallest absolute Gasteiger partial charge is 0.251 e. The number of hydrogen-bond donors (Lipinski definition) is 1. The standard InChI is InChI=1S/C22H22N2O5/c1-13-8-16-9-14(4-6-18(16)28-13)20-11-17(24-29-20)12-23-22(25)15-5-7-19(26-2)21(10-15)27-3/h4-7,9-11,13H,8,12H2,1-3H3,(H,23,25). The maximum atomic E-state index is 12.4. The van der Waals surface area contributed by atoms with Crippen molar-refractivity contribution in [1.82, 2.24) is 10.5 Å². The number of methoxy groups -OCH3 is 2. The molecule has 1 aromatic heterocycles. The summed E-state index contributed by atoms with van der Waals surface area (Å²) >= 11 is 0. The zero-order valence-corrected chi connectivity index (χ0v) is 16.5. The number of nitrogens with one attached hydrogen (secondary N) is 1. The summed E-state index contributed by atoms with van der Waals surface area (Å²) in [7, 11) is 3.08. The molecule has 0 bridgehead atoms. The average Bonchev–Trinajstić information content (AvgIpc) is 3.36. The molecule has 1 aliphatic heterocycles. The van der Waals surface area contributed by atoms with Crippen LogP contribution in [-0.4, -0.2) is 31.4 Å². The number of carbonyl (C=O) groups is 1. The van der Waals surface area contributed by atoms with Gasteiger partial charge in [-0.25, -0.2) is 0 Å². The summed E-state index contributed by atoms with van der Waals surface area (Å²) in [6, 6.07) is 12.8. The Balaban J connectivity index is 1.42. The number of amides is 1. The highest BCUT2D eigenvalue weighted by molar-refractivity contribution is 5.94. The van der Waals surface area contributed by atoms with E-state index < -0.39 is 0 Å². The van der Waals surface area contributed by atoms with E-state index in [2.05, 4.69) is 16.5 Å². The third kappa shape index (κ3) is 3.89. The van der Waals surface area contributed by atoms with Gasteiger partial charge in [0.15, 0.2) is 17.3 Å². The van der Waals surface area contributed by atoms with Gasteiger partial charge in [-0.15, -0.1) is 0 Å². The first-order chi connectivity index (χ1) is 14.1. The fraction of sp³-hybridized carbons (Fsp3) is 0.273. The molecule has 0 saturated carbocycles. The van der Waals surface area contributed by atoms with Crippen molar-refractivity contribution in [2.75, 3.05) is 14.2 Å². The number of benzene rings is 2. The Morgan fingerprint density at radius 2 is 1.97 bits per heavy atom. The normalized spacial score (nSPS) is 14.8. The summed E-state index contributed by atoms with van der Waals surface area (Å²) in [5.74, 6) is 2.41. The summed E-state index contributed by atoms with van der Waals surface area (Å²) in [4.78, 5) is 12.4. The lowest BCUT2D eigenvalue weighted by atomic mass is 10.1. The summed E-state index contributed by atoms with van der Waals surface area (Å²) in [6.45, 7) is 2.30. The van der Waals surface area contributed by atoms with Crippen molar-refractivity contribution in [3.8, 4) is 28.6 Å². The van der Waals surface area contributed by atoms with Crippen molar-refractivity contribution >= 4 is 5.91 Å². The molecule has 2 aromatic carbocycles. The van der Waals surface area contributed by atoms with Gasteiger partial charge in [0.1, 0.15) is 17.5 Å².